The highest BCUT2D eigenvalue weighted by atomic mass is 16.2. The summed E-state index contributed by atoms with van der Waals surface area (Å²) in [6.45, 7) is 0.673. The lowest BCUT2D eigenvalue weighted by atomic mass is 10.1. The van der Waals surface area contributed by atoms with Gasteiger partial charge in [0.25, 0.3) is 5.56 Å². The Kier molecular flexibility index (Phi) is 3.89. The maximum absolute atomic E-state index is 13.1. The fourth-order valence-electron chi connectivity index (χ4n) is 3.97. The first kappa shape index (κ1) is 16.6. The third-order valence-corrected chi connectivity index (χ3v) is 5.30. The Labute approximate surface area is 159 Å². The van der Waals surface area contributed by atoms with Crippen molar-refractivity contribution < 1.29 is 4.79 Å². The van der Waals surface area contributed by atoms with Crippen LogP contribution in [0.15, 0.2) is 53.5 Å². The molecule has 0 saturated carbocycles. The van der Waals surface area contributed by atoms with Crippen LogP contribution in [0.4, 0.5) is 0 Å². The number of hydrogen-bond acceptors (Lipinski definition) is 5. The number of aromatic nitrogens is 5. The summed E-state index contributed by atoms with van der Waals surface area (Å²) >= 11 is 0. The number of fused-ring (bicyclic) bond motifs is 2. The van der Waals surface area contributed by atoms with Crippen LogP contribution in [0.5, 0.6) is 0 Å². The topological polar surface area (TPSA) is 96.2 Å². The van der Waals surface area contributed by atoms with Crippen LogP contribution in [0, 0.1) is 0 Å². The average molecular weight is 374 g/mol. The monoisotopic (exact) mass is 374 g/mol. The van der Waals surface area contributed by atoms with Crippen molar-refractivity contribution >= 4 is 22.3 Å². The second kappa shape index (κ2) is 6.56. The standard InChI is InChI=1S/C20H18N6O2/c27-18(12-15-13-6-1-2-7-14(13)20(28)24-21-15)25-11-5-8-16(25)19-23-22-17-9-3-4-10-26(17)19/h1-4,6-7,9-10,16H,5,8,11-12H2,(H,24,28). The number of nitrogens with one attached hydrogen (secondary N) is 1. The van der Waals surface area contributed by atoms with Crippen LogP contribution in [-0.2, 0) is 11.2 Å². The summed E-state index contributed by atoms with van der Waals surface area (Å²) in [6, 6.07) is 12.8. The molecule has 1 aromatic carbocycles. The predicted octanol–water partition coefficient (Wildman–Crippen LogP) is 1.87. The van der Waals surface area contributed by atoms with Gasteiger partial charge >= 0.3 is 0 Å². The van der Waals surface area contributed by atoms with Crippen molar-refractivity contribution in [1.82, 2.24) is 29.7 Å². The van der Waals surface area contributed by atoms with Gasteiger partial charge in [0.15, 0.2) is 11.5 Å². The average Bonchev–Trinajstić information content (AvgIpc) is 3.37. The fraction of sp³-hybridized carbons (Fsp3) is 0.250. The third kappa shape index (κ3) is 2.65. The Morgan fingerprint density at radius 1 is 1.11 bits per heavy atom. The Balaban J connectivity index is 1.47. The van der Waals surface area contributed by atoms with Gasteiger partial charge in [0.1, 0.15) is 0 Å². The zero-order valence-corrected chi connectivity index (χ0v) is 15.1. The van der Waals surface area contributed by atoms with Gasteiger partial charge in [-0.25, -0.2) is 5.10 Å². The van der Waals surface area contributed by atoms with Crippen molar-refractivity contribution in [2.45, 2.75) is 25.3 Å². The van der Waals surface area contributed by atoms with Gasteiger partial charge in [0.2, 0.25) is 5.91 Å². The van der Waals surface area contributed by atoms with Crippen LogP contribution in [-0.4, -0.2) is 42.1 Å². The number of H-pyrrole nitrogens is 1. The Bertz CT molecular complexity index is 1240. The molecule has 1 fully saturated rings. The minimum absolute atomic E-state index is 0.0279. The van der Waals surface area contributed by atoms with Crippen LogP contribution < -0.4 is 5.56 Å². The van der Waals surface area contributed by atoms with Gasteiger partial charge in [-0.3, -0.25) is 14.0 Å². The molecular formula is C20H18N6O2. The number of benzene rings is 1. The van der Waals surface area contributed by atoms with Gasteiger partial charge in [0, 0.05) is 18.1 Å². The first-order valence-corrected chi connectivity index (χ1v) is 9.28. The second-order valence-electron chi connectivity index (χ2n) is 6.95. The molecule has 140 valence electrons. The molecule has 0 spiro atoms. The number of likely N-dealkylation sites (tertiary alicyclic amines) is 1. The van der Waals surface area contributed by atoms with Crippen molar-refractivity contribution in [2.75, 3.05) is 6.54 Å². The Morgan fingerprint density at radius 3 is 2.82 bits per heavy atom. The van der Waals surface area contributed by atoms with Gasteiger partial charge in [-0.2, -0.15) is 5.10 Å². The van der Waals surface area contributed by atoms with Crippen molar-refractivity contribution in [3.8, 4) is 0 Å². The number of amides is 1. The summed E-state index contributed by atoms with van der Waals surface area (Å²) in [4.78, 5) is 26.9. The molecule has 0 aliphatic carbocycles. The highest BCUT2D eigenvalue weighted by molar-refractivity contribution is 5.88. The molecule has 3 aromatic heterocycles. The molecule has 1 N–H and O–H groups in total. The minimum atomic E-state index is -0.249. The summed E-state index contributed by atoms with van der Waals surface area (Å²) in [5, 5.41) is 16.4. The Hall–Kier alpha value is -3.55. The number of nitrogens with zero attached hydrogens (tertiary/aromatic N) is 5. The molecule has 5 rings (SSSR count). The van der Waals surface area contributed by atoms with E-state index in [1.807, 2.05) is 45.8 Å². The lowest BCUT2D eigenvalue weighted by molar-refractivity contribution is -0.131. The SMILES string of the molecule is O=C(Cc1n[nH]c(=O)c2ccccc12)N1CCCC1c1nnc2ccccn12. The van der Waals surface area contributed by atoms with E-state index in [1.165, 1.54) is 0 Å². The van der Waals surface area contributed by atoms with Gasteiger partial charge in [-0.15, -0.1) is 10.2 Å². The first-order valence-electron chi connectivity index (χ1n) is 9.28. The summed E-state index contributed by atoms with van der Waals surface area (Å²) in [5.41, 5.74) is 1.10. The van der Waals surface area contributed by atoms with Crippen LogP contribution in [0.2, 0.25) is 0 Å². The predicted molar refractivity (Wildman–Crippen MR) is 103 cm³/mol. The van der Waals surface area contributed by atoms with Crippen LogP contribution >= 0.6 is 0 Å². The maximum atomic E-state index is 13.1. The van der Waals surface area contributed by atoms with E-state index >= 15 is 0 Å². The van der Waals surface area contributed by atoms with E-state index in [0.29, 0.717) is 23.0 Å². The molecule has 1 saturated heterocycles. The van der Waals surface area contributed by atoms with Crippen LogP contribution in [0.1, 0.15) is 30.4 Å². The number of rotatable bonds is 3. The molecule has 4 heterocycles. The summed E-state index contributed by atoms with van der Waals surface area (Å²) in [6.07, 6.45) is 3.81. The van der Waals surface area contributed by atoms with Gasteiger partial charge in [0.05, 0.1) is 23.5 Å². The van der Waals surface area contributed by atoms with Crippen molar-refractivity contribution in [3.63, 3.8) is 0 Å². The first-order chi connectivity index (χ1) is 13.7. The zero-order valence-electron chi connectivity index (χ0n) is 15.1. The van der Waals surface area contributed by atoms with E-state index in [9.17, 15) is 9.59 Å². The summed E-state index contributed by atoms with van der Waals surface area (Å²) < 4.78 is 1.93. The number of carbonyl (C=O) groups excluding carboxylic acids is 1. The van der Waals surface area contributed by atoms with Crippen molar-refractivity contribution in [1.29, 1.82) is 0 Å². The zero-order chi connectivity index (χ0) is 19.1. The minimum Gasteiger partial charge on any atom is -0.332 e. The van der Waals surface area contributed by atoms with E-state index in [2.05, 4.69) is 20.4 Å². The molecule has 1 unspecified atom stereocenters. The number of pyridine rings is 1. The number of carbonyl (C=O) groups is 1. The normalized spacial score (nSPS) is 16.9. The molecule has 1 aliphatic rings. The third-order valence-electron chi connectivity index (χ3n) is 5.30. The molecule has 1 amide bonds. The van der Waals surface area contributed by atoms with Crippen LogP contribution in [0.3, 0.4) is 0 Å². The maximum Gasteiger partial charge on any atom is 0.272 e. The second-order valence-corrected chi connectivity index (χ2v) is 6.95. The molecule has 1 atom stereocenters. The molecule has 4 aromatic rings. The van der Waals surface area contributed by atoms with Crippen LogP contribution in [0.25, 0.3) is 16.4 Å². The van der Waals surface area contributed by atoms with Crippen molar-refractivity contribution in [2.24, 2.45) is 0 Å². The molecule has 1 aliphatic heterocycles. The van der Waals surface area contributed by atoms with E-state index in [1.54, 1.807) is 12.1 Å². The van der Waals surface area contributed by atoms with E-state index in [0.717, 1.165) is 24.3 Å². The van der Waals surface area contributed by atoms with E-state index in [-0.39, 0.29) is 23.9 Å². The molecular weight excluding hydrogens is 356 g/mol. The van der Waals surface area contributed by atoms with Gasteiger partial charge < -0.3 is 4.90 Å². The van der Waals surface area contributed by atoms with Gasteiger partial charge in [-0.05, 0) is 31.0 Å². The lowest BCUT2D eigenvalue weighted by Crippen LogP contribution is -2.33. The smallest absolute Gasteiger partial charge is 0.272 e. The van der Waals surface area contributed by atoms with Crippen molar-refractivity contribution in [3.05, 3.63) is 70.5 Å². The van der Waals surface area contributed by atoms with Gasteiger partial charge in [-0.1, -0.05) is 24.3 Å². The number of aromatic amines is 1. The largest absolute Gasteiger partial charge is 0.332 e. The fourth-order valence-corrected chi connectivity index (χ4v) is 3.97. The van der Waals surface area contributed by atoms with E-state index < -0.39 is 0 Å². The molecule has 0 bridgehead atoms. The molecule has 0 radical (unpaired) electrons. The summed E-state index contributed by atoms with van der Waals surface area (Å²) in [5.74, 6) is 0.751. The number of hydrogen-bond donors (Lipinski definition) is 1. The Morgan fingerprint density at radius 2 is 1.93 bits per heavy atom. The quantitative estimate of drug-likeness (QED) is 0.591. The molecule has 8 heteroatoms. The van der Waals surface area contributed by atoms with E-state index in [4.69, 9.17) is 0 Å². The highest BCUT2D eigenvalue weighted by Crippen LogP contribution is 2.31. The summed E-state index contributed by atoms with van der Waals surface area (Å²) in [7, 11) is 0. The lowest BCUT2D eigenvalue weighted by Gasteiger charge is -2.23. The highest BCUT2D eigenvalue weighted by Gasteiger charge is 2.33. The molecule has 28 heavy (non-hydrogen) atoms. The molecule has 8 nitrogen and oxygen atoms in total.